The second-order valence-corrected chi connectivity index (χ2v) is 8.61. The number of hydrogen-bond donors (Lipinski definition) is 1. The predicted octanol–water partition coefficient (Wildman–Crippen LogP) is 6.05. The lowest BCUT2D eigenvalue weighted by Gasteiger charge is -2.10. The summed E-state index contributed by atoms with van der Waals surface area (Å²) in [6.07, 6.45) is 1.69. The van der Waals surface area contributed by atoms with Crippen LogP contribution in [0.15, 0.2) is 85.1 Å². The van der Waals surface area contributed by atoms with Crippen molar-refractivity contribution in [1.29, 1.82) is 0 Å². The molecule has 1 N–H and O–H groups in total. The number of nitrogens with zero attached hydrogens (tertiary/aromatic N) is 4. The fourth-order valence-corrected chi connectivity index (χ4v) is 4.22. The maximum Gasteiger partial charge on any atom is 0.275 e. The number of fused-ring (bicyclic) bond motifs is 1. The van der Waals surface area contributed by atoms with Crippen molar-refractivity contribution in [2.45, 2.75) is 20.4 Å². The summed E-state index contributed by atoms with van der Waals surface area (Å²) in [5.74, 6) is 0.375. The second kappa shape index (κ2) is 9.90. The van der Waals surface area contributed by atoms with E-state index in [0.29, 0.717) is 11.4 Å². The largest absolute Gasteiger partial charge is 0.457 e. The summed E-state index contributed by atoms with van der Waals surface area (Å²) in [5, 5.41) is 19.6. The van der Waals surface area contributed by atoms with E-state index in [2.05, 4.69) is 15.4 Å². The van der Waals surface area contributed by atoms with Crippen molar-refractivity contribution in [3.63, 3.8) is 0 Å². The van der Waals surface area contributed by atoms with Crippen LogP contribution in [0, 0.1) is 24.0 Å². The Hall–Kier alpha value is -5.05. The maximum atomic E-state index is 13.0. The molecule has 37 heavy (non-hydrogen) atoms. The third kappa shape index (κ3) is 5.15. The third-order valence-corrected chi connectivity index (χ3v) is 5.80. The van der Waals surface area contributed by atoms with Crippen LogP contribution in [-0.2, 0) is 11.3 Å². The van der Waals surface area contributed by atoms with Crippen molar-refractivity contribution >= 4 is 28.3 Å². The Kier molecular flexibility index (Phi) is 6.34. The second-order valence-electron chi connectivity index (χ2n) is 8.61. The zero-order valence-electron chi connectivity index (χ0n) is 20.2. The SMILES string of the molecule is Cc1cccc(Oc2cc(NC(=O)Cn3nc(C)c4c(-c5ccccc5)ccnc43)cc([N+](=O)[O-])c2)c1. The number of benzene rings is 3. The lowest BCUT2D eigenvalue weighted by molar-refractivity contribution is -0.384. The molecule has 9 nitrogen and oxygen atoms in total. The van der Waals surface area contributed by atoms with E-state index in [0.717, 1.165) is 27.8 Å². The summed E-state index contributed by atoms with van der Waals surface area (Å²) in [4.78, 5) is 28.4. The Bertz CT molecular complexity index is 1630. The summed E-state index contributed by atoms with van der Waals surface area (Å²) in [6, 6.07) is 23.3. The zero-order chi connectivity index (χ0) is 25.9. The van der Waals surface area contributed by atoms with Gasteiger partial charge in [-0.15, -0.1) is 0 Å². The van der Waals surface area contributed by atoms with Gasteiger partial charge in [-0.25, -0.2) is 9.67 Å². The molecule has 0 bridgehead atoms. The topological polar surface area (TPSA) is 112 Å². The minimum absolute atomic E-state index is 0.119. The lowest BCUT2D eigenvalue weighted by Crippen LogP contribution is -2.20. The number of ether oxygens (including phenoxy) is 1. The van der Waals surface area contributed by atoms with Crippen molar-refractivity contribution in [1.82, 2.24) is 14.8 Å². The van der Waals surface area contributed by atoms with Gasteiger partial charge in [0.2, 0.25) is 5.91 Å². The van der Waals surface area contributed by atoms with Gasteiger partial charge in [-0.1, -0.05) is 42.5 Å². The minimum atomic E-state index is -0.530. The van der Waals surface area contributed by atoms with Gasteiger partial charge in [-0.2, -0.15) is 5.10 Å². The Morgan fingerprint density at radius 2 is 1.81 bits per heavy atom. The van der Waals surface area contributed by atoms with Gasteiger partial charge in [0.25, 0.3) is 5.69 Å². The number of amides is 1. The molecule has 5 aromatic rings. The first-order chi connectivity index (χ1) is 17.9. The molecule has 0 radical (unpaired) electrons. The Morgan fingerprint density at radius 3 is 2.57 bits per heavy atom. The fraction of sp³-hybridized carbons (Fsp3) is 0.107. The number of anilines is 1. The molecule has 1 amide bonds. The van der Waals surface area contributed by atoms with Crippen molar-refractivity contribution in [2.75, 3.05) is 5.32 Å². The summed E-state index contributed by atoms with van der Waals surface area (Å²) in [5.41, 5.74) is 4.37. The molecule has 0 spiro atoms. The van der Waals surface area contributed by atoms with Gasteiger partial charge in [-0.05, 0) is 48.7 Å². The number of carbonyl (C=O) groups is 1. The number of nitro groups is 1. The van der Waals surface area contributed by atoms with E-state index >= 15 is 0 Å². The Morgan fingerprint density at radius 1 is 1.00 bits per heavy atom. The van der Waals surface area contributed by atoms with Gasteiger partial charge in [0, 0.05) is 23.7 Å². The molecular weight excluding hydrogens is 470 g/mol. The fourth-order valence-electron chi connectivity index (χ4n) is 4.22. The number of nitrogens with one attached hydrogen (secondary N) is 1. The summed E-state index contributed by atoms with van der Waals surface area (Å²) < 4.78 is 7.36. The smallest absolute Gasteiger partial charge is 0.275 e. The molecule has 0 aliphatic carbocycles. The van der Waals surface area contributed by atoms with E-state index in [1.54, 1.807) is 18.3 Å². The molecule has 9 heteroatoms. The molecule has 0 aliphatic rings. The third-order valence-electron chi connectivity index (χ3n) is 5.80. The number of non-ortho nitro benzene ring substituents is 1. The highest BCUT2D eigenvalue weighted by Crippen LogP contribution is 2.31. The predicted molar refractivity (Wildman–Crippen MR) is 141 cm³/mol. The first kappa shape index (κ1) is 23.7. The number of aromatic nitrogens is 3. The van der Waals surface area contributed by atoms with Crippen LogP contribution in [0.5, 0.6) is 11.5 Å². The summed E-state index contributed by atoms with van der Waals surface area (Å²) >= 11 is 0. The monoisotopic (exact) mass is 493 g/mol. The van der Waals surface area contributed by atoms with Gasteiger partial charge in [-0.3, -0.25) is 14.9 Å². The van der Waals surface area contributed by atoms with Crippen LogP contribution < -0.4 is 10.1 Å². The quantitative estimate of drug-likeness (QED) is 0.218. The van der Waals surface area contributed by atoms with E-state index in [-0.39, 0.29) is 23.7 Å². The van der Waals surface area contributed by atoms with E-state index in [1.807, 2.05) is 68.4 Å². The molecule has 5 rings (SSSR count). The van der Waals surface area contributed by atoms with Crippen molar-refractivity contribution in [3.05, 3.63) is 106 Å². The molecule has 2 aromatic heterocycles. The normalized spacial score (nSPS) is 10.9. The van der Waals surface area contributed by atoms with Crippen LogP contribution in [0.3, 0.4) is 0 Å². The Labute approximate surface area is 212 Å². The number of pyridine rings is 1. The number of nitro benzene ring substituents is 1. The zero-order valence-corrected chi connectivity index (χ0v) is 20.2. The van der Waals surface area contributed by atoms with Crippen molar-refractivity contribution in [2.24, 2.45) is 0 Å². The van der Waals surface area contributed by atoms with Crippen molar-refractivity contribution < 1.29 is 14.5 Å². The van der Waals surface area contributed by atoms with Gasteiger partial charge in [0.1, 0.15) is 18.0 Å². The molecule has 0 aliphatic heterocycles. The number of hydrogen-bond acceptors (Lipinski definition) is 6. The number of rotatable bonds is 7. The first-order valence-corrected chi connectivity index (χ1v) is 11.6. The average Bonchev–Trinajstić information content (AvgIpc) is 3.19. The van der Waals surface area contributed by atoms with Crippen LogP contribution in [-0.4, -0.2) is 25.6 Å². The number of carbonyl (C=O) groups excluding carboxylic acids is 1. The molecular formula is C28H23N5O4. The maximum absolute atomic E-state index is 13.0. The standard InChI is InChI=1S/C28H23N5O4/c1-18-7-6-10-23(13-18)37-24-15-21(14-22(16-24)33(35)36)30-26(34)17-32-28-27(19(2)31-32)25(11-12-29-28)20-8-4-3-5-9-20/h3-16H,17H2,1-2H3,(H,30,34). The molecule has 184 valence electrons. The lowest BCUT2D eigenvalue weighted by atomic mass is 10.0. The molecule has 0 atom stereocenters. The molecule has 0 fully saturated rings. The van der Waals surface area contributed by atoms with Crippen LogP contribution in [0.2, 0.25) is 0 Å². The summed E-state index contributed by atoms with van der Waals surface area (Å²) in [7, 11) is 0. The van der Waals surface area contributed by atoms with Gasteiger partial charge in [0.15, 0.2) is 5.65 Å². The Balaban J connectivity index is 1.41. The average molecular weight is 494 g/mol. The summed E-state index contributed by atoms with van der Waals surface area (Å²) in [6.45, 7) is 3.68. The highest BCUT2D eigenvalue weighted by Gasteiger charge is 2.17. The molecule has 3 aromatic carbocycles. The van der Waals surface area contributed by atoms with Gasteiger partial charge in [0.05, 0.1) is 22.4 Å². The molecule has 0 saturated heterocycles. The van der Waals surface area contributed by atoms with E-state index in [9.17, 15) is 14.9 Å². The molecule has 2 heterocycles. The highest BCUT2D eigenvalue weighted by molar-refractivity contribution is 5.96. The highest BCUT2D eigenvalue weighted by atomic mass is 16.6. The van der Waals surface area contributed by atoms with Crippen LogP contribution in [0.1, 0.15) is 11.3 Å². The van der Waals surface area contributed by atoms with Gasteiger partial charge < -0.3 is 10.1 Å². The van der Waals surface area contributed by atoms with Crippen LogP contribution in [0.4, 0.5) is 11.4 Å². The first-order valence-electron chi connectivity index (χ1n) is 11.6. The number of aryl methyl sites for hydroxylation is 2. The van der Waals surface area contributed by atoms with E-state index in [1.165, 1.54) is 16.8 Å². The molecule has 0 unspecified atom stereocenters. The van der Waals surface area contributed by atoms with Gasteiger partial charge >= 0.3 is 0 Å². The van der Waals surface area contributed by atoms with Crippen LogP contribution >= 0.6 is 0 Å². The van der Waals surface area contributed by atoms with Crippen LogP contribution in [0.25, 0.3) is 22.2 Å². The minimum Gasteiger partial charge on any atom is -0.457 e. The molecule has 0 saturated carbocycles. The van der Waals surface area contributed by atoms with E-state index in [4.69, 9.17) is 4.74 Å². The van der Waals surface area contributed by atoms with E-state index < -0.39 is 10.8 Å². The van der Waals surface area contributed by atoms with Crippen molar-refractivity contribution in [3.8, 4) is 22.6 Å².